The molecular formula is C30H31N7O2. The molecule has 1 fully saturated rings. The third-order valence-electron chi connectivity index (χ3n) is 7.42. The van der Waals surface area contributed by atoms with Crippen molar-refractivity contribution in [2.24, 2.45) is 0 Å². The number of hydrogen-bond acceptors (Lipinski definition) is 7. The first kappa shape index (κ1) is 24.8. The van der Waals surface area contributed by atoms with Gasteiger partial charge in [-0.15, -0.1) is 5.10 Å². The molecule has 0 amide bonds. The molecule has 2 aromatic heterocycles. The van der Waals surface area contributed by atoms with E-state index in [9.17, 15) is 4.79 Å². The van der Waals surface area contributed by atoms with Gasteiger partial charge in [0.2, 0.25) is 0 Å². The van der Waals surface area contributed by atoms with Crippen LogP contribution in [0.4, 0.5) is 5.69 Å². The Labute approximate surface area is 226 Å². The summed E-state index contributed by atoms with van der Waals surface area (Å²) in [6.45, 7) is 5.74. The molecule has 6 rings (SSSR count). The van der Waals surface area contributed by atoms with Crippen LogP contribution in [-0.4, -0.2) is 63.4 Å². The van der Waals surface area contributed by atoms with Crippen molar-refractivity contribution in [3.05, 3.63) is 112 Å². The Morgan fingerprint density at radius 3 is 2.46 bits per heavy atom. The zero-order chi connectivity index (χ0) is 26.8. The number of pyridine rings is 1. The van der Waals surface area contributed by atoms with Crippen molar-refractivity contribution in [3.8, 4) is 5.75 Å². The topological polar surface area (TPSA) is 92.2 Å². The first-order valence-corrected chi connectivity index (χ1v) is 13.2. The van der Waals surface area contributed by atoms with Crippen LogP contribution >= 0.6 is 0 Å². The van der Waals surface area contributed by atoms with E-state index in [4.69, 9.17) is 4.74 Å². The molecule has 0 radical (unpaired) electrons. The van der Waals surface area contributed by atoms with Gasteiger partial charge in [0, 0.05) is 42.9 Å². The van der Waals surface area contributed by atoms with Crippen molar-refractivity contribution in [1.82, 2.24) is 30.1 Å². The Bertz CT molecular complexity index is 1620. The van der Waals surface area contributed by atoms with Gasteiger partial charge in [0.1, 0.15) is 11.8 Å². The lowest BCUT2D eigenvalue weighted by molar-refractivity contribution is 0.200. The highest BCUT2D eigenvalue weighted by Crippen LogP contribution is 2.29. The number of aromatic amines is 1. The number of fused-ring (bicyclic) bond motifs is 1. The maximum absolute atomic E-state index is 13.5. The number of nitrogens with one attached hydrogen (secondary N) is 1. The maximum Gasteiger partial charge on any atom is 0.253 e. The normalized spacial score (nSPS) is 15.0. The van der Waals surface area contributed by atoms with Crippen LogP contribution in [0.25, 0.3) is 10.9 Å². The van der Waals surface area contributed by atoms with Gasteiger partial charge in [0.05, 0.1) is 13.7 Å². The maximum atomic E-state index is 13.5. The van der Waals surface area contributed by atoms with E-state index in [1.54, 1.807) is 11.8 Å². The fourth-order valence-electron chi connectivity index (χ4n) is 5.35. The minimum absolute atomic E-state index is 0.124. The molecule has 3 aromatic carbocycles. The summed E-state index contributed by atoms with van der Waals surface area (Å²) in [6.07, 6.45) is 0. The number of hydrogen-bond donors (Lipinski definition) is 1. The fraction of sp³-hybridized carbons (Fsp3) is 0.267. The second kappa shape index (κ2) is 10.7. The molecule has 1 saturated heterocycles. The molecule has 0 spiro atoms. The van der Waals surface area contributed by atoms with E-state index >= 15 is 0 Å². The molecule has 9 heteroatoms. The number of aromatic nitrogens is 5. The molecule has 39 heavy (non-hydrogen) atoms. The van der Waals surface area contributed by atoms with Crippen molar-refractivity contribution in [3.63, 3.8) is 0 Å². The van der Waals surface area contributed by atoms with E-state index < -0.39 is 6.04 Å². The number of ether oxygens (including phenoxy) is 1. The second-order valence-corrected chi connectivity index (χ2v) is 9.95. The molecule has 198 valence electrons. The number of aryl methyl sites for hydroxylation is 1. The van der Waals surface area contributed by atoms with E-state index in [2.05, 4.69) is 67.6 Å². The van der Waals surface area contributed by atoms with Crippen LogP contribution in [-0.2, 0) is 6.54 Å². The van der Waals surface area contributed by atoms with Crippen molar-refractivity contribution in [1.29, 1.82) is 0 Å². The summed E-state index contributed by atoms with van der Waals surface area (Å²) in [4.78, 5) is 21.3. The van der Waals surface area contributed by atoms with Gasteiger partial charge in [0.25, 0.3) is 5.56 Å². The summed E-state index contributed by atoms with van der Waals surface area (Å²) in [6, 6.07) is 26.0. The van der Waals surface area contributed by atoms with Gasteiger partial charge in [0.15, 0.2) is 5.82 Å². The van der Waals surface area contributed by atoms with E-state index in [0.29, 0.717) is 17.9 Å². The number of para-hydroxylation sites is 1. The van der Waals surface area contributed by atoms with Crippen molar-refractivity contribution in [2.75, 3.05) is 38.2 Å². The minimum Gasteiger partial charge on any atom is -0.497 e. The highest BCUT2D eigenvalue weighted by molar-refractivity contribution is 5.79. The third kappa shape index (κ3) is 5.13. The molecule has 1 aliphatic rings. The Kier molecular flexibility index (Phi) is 6.81. The van der Waals surface area contributed by atoms with Crippen LogP contribution in [0.3, 0.4) is 0 Å². The lowest BCUT2D eigenvalue weighted by Gasteiger charge is -2.39. The quantitative estimate of drug-likeness (QED) is 0.348. The van der Waals surface area contributed by atoms with E-state index in [0.717, 1.165) is 54.0 Å². The average molecular weight is 522 g/mol. The van der Waals surface area contributed by atoms with Crippen molar-refractivity contribution >= 4 is 16.6 Å². The van der Waals surface area contributed by atoms with E-state index in [-0.39, 0.29) is 5.56 Å². The predicted octanol–water partition coefficient (Wildman–Crippen LogP) is 3.79. The molecule has 0 unspecified atom stereocenters. The molecule has 3 heterocycles. The zero-order valence-corrected chi connectivity index (χ0v) is 22.1. The lowest BCUT2D eigenvalue weighted by Crippen LogP contribution is -2.49. The number of anilines is 1. The molecule has 5 aromatic rings. The summed E-state index contributed by atoms with van der Waals surface area (Å²) >= 11 is 0. The largest absolute Gasteiger partial charge is 0.497 e. The Hall–Kier alpha value is -4.50. The molecule has 0 bridgehead atoms. The van der Waals surface area contributed by atoms with Crippen molar-refractivity contribution < 1.29 is 4.74 Å². The van der Waals surface area contributed by atoms with Crippen LogP contribution in [0.2, 0.25) is 0 Å². The SMILES string of the molecule is COc1ccc(Cn2nnnc2[C@@H](c2cc3cc(C)ccc3[nH]c2=O)N2CCN(c3ccccc3)CC2)cc1. The highest BCUT2D eigenvalue weighted by atomic mass is 16.5. The number of piperazine rings is 1. The Morgan fingerprint density at radius 2 is 1.72 bits per heavy atom. The van der Waals surface area contributed by atoms with Crippen LogP contribution in [0, 0.1) is 6.92 Å². The number of benzene rings is 3. The van der Waals surface area contributed by atoms with Gasteiger partial charge in [-0.3, -0.25) is 9.69 Å². The summed E-state index contributed by atoms with van der Waals surface area (Å²) in [5.41, 5.74) is 4.72. The molecule has 1 atom stereocenters. The summed E-state index contributed by atoms with van der Waals surface area (Å²) < 4.78 is 7.11. The molecular weight excluding hydrogens is 490 g/mol. The number of tetrazole rings is 1. The Balaban J connectivity index is 1.38. The van der Waals surface area contributed by atoms with Crippen LogP contribution in [0.15, 0.2) is 83.7 Å². The molecule has 1 aliphatic heterocycles. The first-order valence-electron chi connectivity index (χ1n) is 13.2. The minimum atomic E-state index is -0.398. The zero-order valence-electron chi connectivity index (χ0n) is 22.1. The Morgan fingerprint density at radius 1 is 0.949 bits per heavy atom. The van der Waals surface area contributed by atoms with Crippen LogP contribution < -0.4 is 15.2 Å². The van der Waals surface area contributed by atoms with Gasteiger partial charge in [-0.2, -0.15) is 0 Å². The average Bonchev–Trinajstić information content (AvgIpc) is 3.42. The molecule has 0 saturated carbocycles. The molecule has 1 N–H and O–H groups in total. The van der Waals surface area contributed by atoms with E-state index in [1.807, 2.05) is 48.5 Å². The molecule has 0 aliphatic carbocycles. The van der Waals surface area contributed by atoms with Crippen LogP contribution in [0.5, 0.6) is 5.75 Å². The standard InChI is InChI=1S/C30H31N7O2/c1-21-8-13-27-23(18-21)19-26(30(38)31-27)28(36-16-14-35(15-17-36)24-6-4-3-5-7-24)29-32-33-34-37(29)20-22-9-11-25(39-2)12-10-22/h3-13,18-19,28H,14-17,20H2,1-2H3,(H,31,38)/t28-/m1/s1. The van der Waals surface area contributed by atoms with Crippen LogP contribution in [0.1, 0.15) is 28.6 Å². The smallest absolute Gasteiger partial charge is 0.253 e. The second-order valence-electron chi connectivity index (χ2n) is 9.95. The number of nitrogens with zero attached hydrogens (tertiary/aromatic N) is 6. The number of methoxy groups -OCH3 is 1. The van der Waals surface area contributed by atoms with Gasteiger partial charge in [-0.1, -0.05) is 42.0 Å². The predicted molar refractivity (Wildman–Crippen MR) is 151 cm³/mol. The van der Waals surface area contributed by atoms with Gasteiger partial charge < -0.3 is 14.6 Å². The first-order chi connectivity index (χ1) is 19.1. The summed E-state index contributed by atoms with van der Waals surface area (Å²) in [5, 5.41) is 13.9. The lowest BCUT2D eigenvalue weighted by atomic mass is 10.0. The monoisotopic (exact) mass is 521 g/mol. The highest BCUT2D eigenvalue weighted by Gasteiger charge is 2.32. The third-order valence-corrected chi connectivity index (χ3v) is 7.42. The van der Waals surface area contributed by atoms with Gasteiger partial charge in [-0.25, -0.2) is 4.68 Å². The van der Waals surface area contributed by atoms with Crippen molar-refractivity contribution in [2.45, 2.75) is 19.5 Å². The van der Waals surface area contributed by atoms with Gasteiger partial charge in [-0.05, 0) is 70.8 Å². The van der Waals surface area contributed by atoms with Gasteiger partial charge >= 0.3 is 0 Å². The summed E-state index contributed by atoms with van der Waals surface area (Å²) in [7, 11) is 1.65. The number of H-pyrrole nitrogens is 1. The fourth-order valence-corrected chi connectivity index (χ4v) is 5.35. The summed E-state index contributed by atoms with van der Waals surface area (Å²) in [5.74, 6) is 1.44. The number of rotatable bonds is 7. The molecule has 9 nitrogen and oxygen atoms in total. The van der Waals surface area contributed by atoms with E-state index in [1.165, 1.54) is 5.69 Å².